The van der Waals surface area contributed by atoms with Crippen LogP contribution in [0, 0.1) is 5.92 Å². The second kappa shape index (κ2) is 6.29. The van der Waals surface area contributed by atoms with E-state index in [-0.39, 0.29) is 5.38 Å². The van der Waals surface area contributed by atoms with Crippen LogP contribution in [0.4, 0.5) is 0 Å². The number of hydrogen-bond donors (Lipinski definition) is 0. The maximum atomic E-state index is 6.41. The molecular weight excluding hydrogens is 348 g/mol. The summed E-state index contributed by atoms with van der Waals surface area (Å²) in [5.74, 6) is 1.86. The molecule has 114 valence electrons. The zero-order chi connectivity index (χ0) is 15.0. The summed E-state index contributed by atoms with van der Waals surface area (Å²) in [4.78, 5) is 4.80. The van der Waals surface area contributed by atoms with Crippen LogP contribution in [-0.4, -0.2) is 9.55 Å². The highest BCUT2D eigenvalue weighted by atomic mass is 79.9. The van der Waals surface area contributed by atoms with Crippen LogP contribution in [0.3, 0.4) is 0 Å². The molecule has 0 N–H and O–H groups in total. The summed E-state index contributed by atoms with van der Waals surface area (Å²) in [6.07, 6.45) is 6.43. The van der Waals surface area contributed by atoms with Gasteiger partial charge >= 0.3 is 0 Å². The lowest BCUT2D eigenvalue weighted by Gasteiger charge is -2.21. The van der Waals surface area contributed by atoms with Crippen LogP contribution >= 0.6 is 27.5 Å². The lowest BCUT2D eigenvalue weighted by Crippen LogP contribution is -2.12. The first kappa shape index (κ1) is 15.4. The molecule has 3 rings (SSSR count). The fourth-order valence-electron chi connectivity index (χ4n) is 3.48. The minimum absolute atomic E-state index is 0.0585. The summed E-state index contributed by atoms with van der Waals surface area (Å²) in [6, 6.07) is 6.90. The van der Waals surface area contributed by atoms with Crippen LogP contribution in [0.5, 0.6) is 0 Å². The Morgan fingerprint density at radius 3 is 2.86 bits per heavy atom. The highest BCUT2D eigenvalue weighted by Gasteiger charge is 2.24. The molecule has 0 spiro atoms. The van der Waals surface area contributed by atoms with Gasteiger partial charge in [-0.3, -0.25) is 0 Å². The highest BCUT2D eigenvalue weighted by Crippen LogP contribution is 2.36. The van der Waals surface area contributed by atoms with Gasteiger partial charge in [0.2, 0.25) is 0 Å². The normalized spacial score (nSPS) is 25.0. The van der Waals surface area contributed by atoms with Gasteiger partial charge in [-0.1, -0.05) is 35.7 Å². The molecule has 1 aromatic heterocycles. The molecule has 0 aliphatic heterocycles. The van der Waals surface area contributed by atoms with Crippen LogP contribution in [0.2, 0.25) is 0 Å². The van der Waals surface area contributed by atoms with E-state index in [1.165, 1.54) is 37.6 Å². The number of rotatable bonds is 2. The first-order valence-corrected chi connectivity index (χ1v) is 9.10. The SMILES string of the molecule is CC1CCCC(n2c(C(C)Cl)nc3cc(Br)ccc32)CC1. The number of imidazole rings is 1. The molecule has 3 unspecified atom stereocenters. The van der Waals surface area contributed by atoms with Gasteiger partial charge in [0.15, 0.2) is 0 Å². The van der Waals surface area contributed by atoms with Crippen LogP contribution in [-0.2, 0) is 0 Å². The molecule has 1 aliphatic rings. The average Bonchev–Trinajstić information content (AvgIpc) is 2.68. The molecule has 0 saturated heterocycles. The number of aromatic nitrogens is 2. The topological polar surface area (TPSA) is 17.8 Å². The average molecular weight is 370 g/mol. The maximum Gasteiger partial charge on any atom is 0.127 e. The number of alkyl halides is 1. The van der Waals surface area contributed by atoms with E-state index in [4.69, 9.17) is 16.6 Å². The van der Waals surface area contributed by atoms with E-state index in [1.54, 1.807) is 0 Å². The highest BCUT2D eigenvalue weighted by molar-refractivity contribution is 9.10. The third-order valence-electron chi connectivity index (χ3n) is 4.63. The van der Waals surface area contributed by atoms with Crippen molar-refractivity contribution in [1.82, 2.24) is 9.55 Å². The van der Waals surface area contributed by atoms with Gasteiger partial charge in [-0.25, -0.2) is 4.98 Å². The quantitative estimate of drug-likeness (QED) is 0.452. The smallest absolute Gasteiger partial charge is 0.127 e. The maximum absolute atomic E-state index is 6.41. The van der Waals surface area contributed by atoms with Crippen molar-refractivity contribution in [2.24, 2.45) is 5.92 Å². The van der Waals surface area contributed by atoms with Crippen molar-refractivity contribution in [2.45, 2.75) is 57.4 Å². The van der Waals surface area contributed by atoms with Gasteiger partial charge in [-0.05, 0) is 50.3 Å². The summed E-state index contributed by atoms with van der Waals surface area (Å²) in [6.45, 7) is 4.39. The fraction of sp³-hybridized carbons (Fsp3) is 0.588. The van der Waals surface area contributed by atoms with Gasteiger partial charge in [0.05, 0.1) is 16.4 Å². The standard InChI is InChI=1S/C17H22BrClN2/c1-11-4-3-5-14(8-6-11)21-16-9-7-13(18)10-15(16)20-17(21)12(2)19/h7,9-12,14H,3-6,8H2,1-2H3. The van der Waals surface area contributed by atoms with Gasteiger partial charge in [-0.2, -0.15) is 0 Å². The van der Waals surface area contributed by atoms with E-state index in [2.05, 4.69) is 45.6 Å². The van der Waals surface area contributed by atoms with Crippen molar-refractivity contribution in [2.75, 3.05) is 0 Å². The van der Waals surface area contributed by atoms with Gasteiger partial charge in [-0.15, -0.1) is 11.6 Å². The number of fused-ring (bicyclic) bond motifs is 1. The fourth-order valence-corrected chi connectivity index (χ4v) is 3.98. The summed E-state index contributed by atoms with van der Waals surface area (Å²) < 4.78 is 3.49. The lowest BCUT2D eigenvalue weighted by molar-refractivity contribution is 0.430. The molecule has 1 saturated carbocycles. The first-order chi connectivity index (χ1) is 10.1. The first-order valence-electron chi connectivity index (χ1n) is 7.87. The monoisotopic (exact) mass is 368 g/mol. The summed E-state index contributed by atoms with van der Waals surface area (Å²) in [5.41, 5.74) is 2.27. The molecule has 0 bridgehead atoms. The third-order valence-corrected chi connectivity index (χ3v) is 5.32. The molecule has 2 nitrogen and oxygen atoms in total. The predicted octanol–water partition coefficient (Wildman–Crippen LogP) is 6.24. The zero-order valence-corrected chi connectivity index (χ0v) is 15.0. The Morgan fingerprint density at radius 1 is 1.29 bits per heavy atom. The minimum Gasteiger partial charge on any atom is -0.324 e. The molecule has 3 atom stereocenters. The van der Waals surface area contributed by atoms with Crippen LogP contribution < -0.4 is 0 Å². The van der Waals surface area contributed by atoms with Crippen molar-refractivity contribution in [3.8, 4) is 0 Å². The second-order valence-electron chi connectivity index (χ2n) is 6.36. The summed E-state index contributed by atoms with van der Waals surface area (Å²) >= 11 is 9.95. The Kier molecular flexibility index (Phi) is 4.60. The molecule has 0 radical (unpaired) electrons. The largest absolute Gasteiger partial charge is 0.324 e. The van der Waals surface area contributed by atoms with E-state index >= 15 is 0 Å². The Hall–Kier alpha value is -0.540. The van der Waals surface area contributed by atoms with E-state index in [9.17, 15) is 0 Å². The number of nitrogens with zero attached hydrogens (tertiary/aromatic N) is 2. The predicted molar refractivity (Wildman–Crippen MR) is 93.0 cm³/mol. The number of halogens is 2. The molecular formula is C17H22BrClN2. The van der Waals surface area contributed by atoms with Gasteiger partial charge < -0.3 is 4.57 Å². The summed E-state index contributed by atoms with van der Waals surface area (Å²) in [5, 5.41) is -0.0585. The Labute approximate surface area is 140 Å². The van der Waals surface area contributed by atoms with Crippen LogP contribution in [0.15, 0.2) is 22.7 Å². The van der Waals surface area contributed by atoms with Crippen LogP contribution in [0.25, 0.3) is 11.0 Å². The van der Waals surface area contributed by atoms with E-state index < -0.39 is 0 Å². The van der Waals surface area contributed by atoms with Crippen molar-refractivity contribution in [1.29, 1.82) is 0 Å². The molecule has 1 aliphatic carbocycles. The van der Waals surface area contributed by atoms with Gasteiger partial charge in [0.25, 0.3) is 0 Å². The number of hydrogen-bond acceptors (Lipinski definition) is 1. The van der Waals surface area contributed by atoms with Crippen molar-refractivity contribution in [3.05, 3.63) is 28.5 Å². The summed E-state index contributed by atoms with van der Waals surface area (Å²) in [7, 11) is 0. The van der Waals surface area contributed by atoms with Gasteiger partial charge in [0, 0.05) is 10.5 Å². The van der Waals surface area contributed by atoms with Crippen molar-refractivity contribution < 1.29 is 0 Å². The third kappa shape index (κ3) is 3.14. The number of benzene rings is 1. The van der Waals surface area contributed by atoms with Gasteiger partial charge in [0.1, 0.15) is 5.82 Å². The minimum atomic E-state index is -0.0585. The van der Waals surface area contributed by atoms with E-state index in [1.807, 2.05) is 6.92 Å². The molecule has 1 aromatic carbocycles. The second-order valence-corrected chi connectivity index (χ2v) is 7.93. The van der Waals surface area contributed by atoms with Crippen molar-refractivity contribution >= 4 is 38.6 Å². The van der Waals surface area contributed by atoms with E-state index in [0.717, 1.165) is 21.7 Å². The molecule has 2 aromatic rings. The van der Waals surface area contributed by atoms with Crippen LogP contribution in [0.1, 0.15) is 63.2 Å². The molecule has 1 heterocycles. The molecule has 4 heteroatoms. The molecule has 21 heavy (non-hydrogen) atoms. The Morgan fingerprint density at radius 2 is 2.10 bits per heavy atom. The van der Waals surface area contributed by atoms with E-state index in [0.29, 0.717) is 6.04 Å². The Balaban J connectivity index is 2.08. The lowest BCUT2D eigenvalue weighted by atomic mass is 10.0. The van der Waals surface area contributed by atoms with Crippen molar-refractivity contribution in [3.63, 3.8) is 0 Å². The zero-order valence-electron chi connectivity index (χ0n) is 12.6. The molecule has 1 fully saturated rings. The molecule has 0 amide bonds. The Bertz CT molecular complexity index is 635.